The van der Waals surface area contributed by atoms with Crippen LogP contribution in [0.5, 0.6) is 11.5 Å². The minimum Gasteiger partial charge on any atom is -0.509 e. The van der Waals surface area contributed by atoms with E-state index in [9.17, 15) is 0 Å². The van der Waals surface area contributed by atoms with Crippen LogP contribution in [0.2, 0.25) is 0 Å². The zero-order chi connectivity index (χ0) is 35.2. The van der Waals surface area contributed by atoms with E-state index in [1.165, 1.54) is 33.4 Å². The third-order valence-corrected chi connectivity index (χ3v) is 9.62. The smallest absolute Gasteiger partial charge is 0.509 e. The number of aryl methyl sites for hydroxylation is 3. The molecule has 9 rings (SSSR count). The van der Waals surface area contributed by atoms with Gasteiger partial charge in [-0.2, -0.15) is 17.2 Å². The summed E-state index contributed by atoms with van der Waals surface area (Å²) in [6, 6.07) is 52.9. The van der Waals surface area contributed by atoms with E-state index in [1.54, 1.807) is 0 Å². The fourth-order valence-electron chi connectivity index (χ4n) is 7.38. The maximum absolute atomic E-state index is 6.45. The molecule has 0 fully saturated rings. The van der Waals surface area contributed by atoms with Crippen molar-refractivity contribution in [3.8, 4) is 56.4 Å². The summed E-state index contributed by atoms with van der Waals surface area (Å²) in [4.78, 5) is 4.71. The number of ether oxygens (including phenoxy) is 1. The SMILES string of the molecule is Cc1ccnc(-n2c3[c-]c(Oc4[c-]c(-n5cc(-c6c(-c7ccccc7)c(C)cc(C)c6-c6ccccc6)cn5)ccc4)ccc3c3ccccc32)c1.[Pt+2]. The molecule has 0 bridgehead atoms. The number of benzene rings is 6. The Balaban J connectivity index is 0.00000400. The molecule has 0 spiro atoms. The average molecular weight is 866 g/mol. The first-order valence-electron chi connectivity index (χ1n) is 17.4. The van der Waals surface area contributed by atoms with Crippen molar-refractivity contribution in [2.24, 2.45) is 0 Å². The summed E-state index contributed by atoms with van der Waals surface area (Å²) < 4.78 is 10.5. The molecule has 6 aromatic carbocycles. The van der Waals surface area contributed by atoms with E-state index in [4.69, 9.17) is 14.8 Å². The first kappa shape index (κ1) is 34.1. The van der Waals surface area contributed by atoms with Crippen LogP contribution in [0.3, 0.4) is 0 Å². The second kappa shape index (κ2) is 14.2. The molecule has 0 N–H and O–H groups in total. The van der Waals surface area contributed by atoms with Crippen LogP contribution < -0.4 is 4.74 Å². The predicted octanol–water partition coefficient (Wildman–Crippen LogP) is 11.7. The molecule has 0 aliphatic rings. The van der Waals surface area contributed by atoms with E-state index in [-0.39, 0.29) is 21.1 Å². The molecule has 0 aliphatic carbocycles. The van der Waals surface area contributed by atoms with Gasteiger partial charge in [-0.1, -0.05) is 90.4 Å². The molecule has 3 aromatic heterocycles. The number of nitrogens with zero attached hydrogens (tertiary/aromatic N) is 4. The van der Waals surface area contributed by atoms with Crippen LogP contribution in [0.4, 0.5) is 0 Å². The minimum absolute atomic E-state index is 0. The quantitative estimate of drug-likeness (QED) is 0.150. The Morgan fingerprint density at radius 3 is 1.98 bits per heavy atom. The van der Waals surface area contributed by atoms with E-state index >= 15 is 0 Å². The Morgan fingerprint density at radius 1 is 0.585 bits per heavy atom. The number of aromatic nitrogens is 4. The Hall–Kier alpha value is -6.03. The first-order valence-corrected chi connectivity index (χ1v) is 17.4. The summed E-state index contributed by atoms with van der Waals surface area (Å²) in [5.41, 5.74) is 13.3. The van der Waals surface area contributed by atoms with Gasteiger partial charge in [-0.05, 0) is 89.0 Å². The van der Waals surface area contributed by atoms with Gasteiger partial charge in [-0.15, -0.1) is 35.7 Å². The number of pyridine rings is 1. The summed E-state index contributed by atoms with van der Waals surface area (Å²) in [7, 11) is 0. The number of para-hydroxylation sites is 1. The van der Waals surface area contributed by atoms with Gasteiger partial charge in [0.25, 0.3) is 0 Å². The van der Waals surface area contributed by atoms with Crippen LogP contribution in [0.15, 0.2) is 152 Å². The summed E-state index contributed by atoms with van der Waals surface area (Å²) in [5, 5.41) is 7.10. The largest absolute Gasteiger partial charge is 2.00 e. The third kappa shape index (κ3) is 6.28. The normalized spacial score (nSPS) is 11.2. The molecule has 3 heterocycles. The molecule has 0 amide bonds. The molecule has 5 nitrogen and oxygen atoms in total. The molecule has 0 aliphatic heterocycles. The second-order valence-electron chi connectivity index (χ2n) is 13.2. The summed E-state index contributed by atoms with van der Waals surface area (Å²) in [5.74, 6) is 2.01. The van der Waals surface area contributed by atoms with Gasteiger partial charge in [0.15, 0.2) is 0 Å². The van der Waals surface area contributed by atoms with Gasteiger partial charge in [0.05, 0.1) is 6.20 Å². The average Bonchev–Trinajstić information content (AvgIpc) is 3.79. The predicted molar refractivity (Wildman–Crippen MR) is 210 cm³/mol. The zero-order valence-corrected chi connectivity index (χ0v) is 31.7. The number of fused-ring (bicyclic) bond motifs is 3. The molecule has 0 saturated heterocycles. The third-order valence-electron chi connectivity index (χ3n) is 9.62. The van der Waals surface area contributed by atoms with Crippen molar-refractivity contribution in [3.05, 3.63) is 181 Å². The fourth-order valence-corrected chi connectivity index (χ4v) is 7.38. The van der Waals surface area contributed by atoms with Gasteiger partial charge in [-0.25, -0.2) is 4.98 Å². The van der Waals surface area contributed by atoms with Crippen LogP contribution in [0, 0.1) is 32.9 Å². The molecule has 0 radical (unpaired) electrons. The van der Waals surface area contributed by atoms with Gasteiger partial charge in [0.1, 0.15) is 5.82 Å². The van der Waals surface area contributed by atoms with Crippen LogP contribution in [0.25, 0.3) is 66.7 Å². The van der Waals surface area contributed by atoms with Gasteiger partial charge >= 0.3 is 21.1 Å². The fraction of sp³-hybridized carbons (Fsp3) is 0.0638. The van der Waals surface area contributed by atoms with Gasteiger partial charge in [0.2, 0.25) is 0 Å². The van der Waals surface area contributed by atoms with E-state index in [2.05, 4.69) is 147 Å². The Kier molecular flexibility index (Phi) is 9.12. The van der Waals surface area contributed by atoms with Crippen LogP contribution in [0.1, 0.15) is 16.7 Å². The van der Waals surface area contributed by atoms with Gasteiger partial charge in [-0.3, -0.25) is 4.68 Å². The molecule has 53 heavy (non-hydrogen) atoms. The van der Waals surface area contributed by atoms with Crippen LogP contribution in [-0.2, 0) is 21.1 Å². The number of hydrogen-bond donors (Lipinski definition) is 0. The Morgan fingerprint density at radius 2 is 1.26 bits per heavy atom. The van der Waals surface area contributed by atoms with Gasteiger partial charge in [0, 0.05) is 40.5 Å². The first-order chi connectivity index (χ1) is 25.5. The minimum atomic E-state index is 0. The van der Waals surface area contributed by atoms with Crippen molar-refractivity contribution in [2.75, 3.05) is 0 Å². The Bertz CT molecular complexity index is 2690. The molecule has 9 aromatic rings. The van der Waals surface area contributed by atoms with Gasteiger partial charge < -0.3 is 9.30 Å². The van der Waals surface area contributed by atoms with Crippen molar-refractivity contribution >= 4 is 21.8 Å². The molecular weight excluding hydrogens is 832 g/mol. The topological polar surface area (TPSA) is 44.9 Å². The maximum Gasteiger partial charge on any atom is 2.00 e. The summed E-state index contributed by atoms with van der Waals surface area (Å²) in [6.45, 7) is 6.46. The zero-order valence-electron chi connectivity index (χ0n) is 29.4. The van der Waals surface area contributed by atoms with E-state index in [0.29, 0.717) is 11.5 Å². The summed E-state index contributed by atoms with van der Waals surface area (Å²) >= 11 is 0. The van der Waals surface area contributed by atoms with Crippen molar-refractivity contribution in [1.82, 2.24) is 19.3 Å². The molecular formula is C47H34N4OPt. The number of hydrogen-bond acceptors (Lipinski definition) is 3. The van der Waals surface area contributed by atoms with E-state index in [0.717, 1.165) is 50.0 Å². The van der Waals surface area contributed by atoms with Crippen molar-refractivity contribution in [3.63, 3.8) is 0 Å². The number of rotatable bonds is 7. The van der Waals surface area contributed by atoms with Crippen molar-refractivity contribution in [2.45, 2.75) is 20.8 Å². The molecule has 0 unspecified atom stereocenters. The van der Waals surface area contributed by atoms with E-state index in [1.807, 2.05) is 47.4 Å². The van der Waals surface area contributed by atoms with Crippen molar-refractivity contribution in [1.29, 1.82) is 0 Å². The second-order valence-corrected chi connectivity index (χ2v) is 13.2. The standard InChI is InChI=1S/C47H34N4O.Pt/c1-31-23-24-48-44(25-31)51-42-20-11-10-19-40(42)41-22-21-39(28-43(41)51)52-38-18-12-17-37(27-38)50-30-36(29-49-50)47-45(34-13-6-4-7-14-34)32(2)26-33(3)46(47)35-15-8-5-9-16-35;/h4-26,29-30H,1-3H3;/q-2;+2. The van der Waals surface area contributed by atoms with Crippen molar-refractivity contribution < 1.29 is 25.8 Å². The summed E-state index contributed by atoms with van der Waals surface area (Å²) in [6.07, 6.45) is 5.89. The van der Waals surface area contributed by atoms with Crippen LogP contribution in [-0.4, -0.2) is 19.3 Å². The maximum atomic E-state index is 6.45. The van der Waals surface area contributed by atoms with E-state index < -0.39 is 0 Å². The van der Waals surface area contributed by atoms with Crippen LogP contribution >= 0.6 is 0 Å². The monoisotopic (exact) mass is 865 g/mol. The molecule has 0 atom stereocenters. The Labute approximate surface area is 323 Å². The molecule has 258 valence electrons. The molecule has 6 heteroatoms. The molecule has 0 saturated carbocycles.